The number of amides is 1. The van der Waals surface area contributed by atoms with E-state index in [-0.39, 0.29) is 0 Å². The van der Waals surface area contributed by atoms with Crippen LogP contribution < -0.4 is 16.8 Å². The van der Waals surface area contributed by atoms with Gasteiger partial charge in [-0.05, 0) is 43.7 Å². The van der Waals surface area contributed by atoms with E-state index >= 15 is 0 Å². The third-order valence-electron chi connectivity index (χ3n) is 2.99. The molecule has 98 valence electrons. The largest absolute Gasteiger partial charge is 0.397 e. The lowest BCUT2D eigenvalue weighted by Crippen LogP contribution is -2.11. The molecule has 2 aromatic rings. The number of carbonyl (C=O) groups is 1. The third kappa shape index (κ3) is 2.85. The molecule has 2 rings (SSSR count). The second-order valence-electron chi connectivity index (χ2n) is 4.61. The van der Waals surface area contributed by atoms with Gasteiger partial charge < -0.3 is 16.8 Å². The maximum absolute atomic E-state index is 11.2. The van der Waals surface area contributed by atoms with Gasteiger partial charge in [0.1, 0.15) is 0 Å². The summed E-state index contributed by atoms with van der Waals surface area (Å²) in [5, 5.41) is 3.23. The van der Waals surface area contributed by atoms with Crippen LogP contribution in [0.15, 0.2) is 36.4 Å². The van der Waals surface area contributed by atoms with Crippen molar-refractivity contribution < 1.29 is 4.79 Å². The Balaban J connectivity index is 2.37. The second kappa shape index (κ2) is 5.02. The second-order valence-corrected chi connectivity index (χ2v) is 4.61. The molecular formula is C15H17N3O. The van der Waals surface area contributed by atoms with Crippen molar-refractivity contribution >= 4 is 23.0 Å². The SMILES string of the molecule is Cc1ccc(Nc2cc(C(N)=O)ccc2N)c(C)c1. The zero-order chi connectivity index (χ0) is 14.0. The molecule has 4 heteroatoms. The number of nitrogens with one attached hydrogen (secondary N) is 1. The molecular weight excluding hydrogens is 238 g/mol. The van der Waals surface area contributed by atoms with E-state index < -0.39 is 5.91 Å². The Kier molecular flexibility index (Phi) is 3.42. The van der Waals surface area contributed by atoms with Gasteiger partial charge in [0.15, 0.2) is 0 Å². The molecule has 2 aromatic carbocycles. The van der Waals surface area contributed by atoms with Crippen molar-refractivity contribution in [2.45, 2.75) is 13.8 Å². The van der Waals surface area contributed by atoms with Gasteiger partial charge in [0.25, 0.3) is 0 Å². The first-order valence-electron chi connectivity index (χ1n) is 6.01. The Hall–Kier alpha value is -2.49. The highest BCUT2D eigenvalue weighted by Crippen LogP contribution is 2.26. The van der Waals surface area contributed by atoms with Crippen molar-refractivity contribution in [3.05, 3.63) is 53.1 Å². The normalized spacial score (nSPS) is 10.2. The molecule has 5 N–H and O–H groups in total. The van der Waals surface area contributed by atoms with Crippen LogP contribution in [0.2, 0.25) is 0 Å². The van der Waals surface area contributed by atoms with Gasteiger partial charge in [-0.1, -0.05) is 17.7 Å². The van der Waals surface area contributed by atoms with E-state index in [1.165, 1.54) is 5.56 Å². The summed E-state index contributed by atoms with van der Waals surface area (Å²) in [6, 6.07) is 11.0. The fourth-order valence-electron chi connectivity index (χ4n) is 1.92. The number of nitrogens with two attached hydrogens (primary N) is 2. The molecule has 0 atom stereocenters. The molecule has 0 aliphatic heterocycles. The highest BCUT2D eigenvalue weighted by molar-refractivity contribution is 5.95. The molecule has 0 heterocycles. The van der Waals surface area contributed by atoms with Crippen LogP contribution in [0.5, 0.6) is 0 Å². The fraction of sp³-hybridized carbons (Fsp3) is 0.133. The predicted molar refractivity (Wildman–Crippen MR) is 78.6 cm³/mol. The van der Waals surface area contributed by atoms with Crippen LogP contribution in [0.25, 0.3) is 0 Å². The monoisotopic (exact) mass is 255 g/mol. The Morgan fingerprint density at radius 1 is 1.05 bits per heavy atom. The predicted octanol–water partition coefficient (Wildman–Crippen LogP) is 2.73. The van der Waals surface area contributed by atoms with Crippen LogP contribution in [-0.4, -0.2) is 5.91 Å². The van der Waals surface area contributed by atoms with E-state index in [4.69, 9.17) is 11.5 Å². The number of hydrogen-bond donors (Lipinski definition) is 3. The zero-order valence-electron chi connectivity index (χ0n) is 11.0. The molecule has 0 unspecified atom stereocenters. The number of hydrogen-bond acceptors (Lipinski definition) is 3. The fourth-order valence-corrected chi connectivity index (χ4v) is 1.92. The van der Waals surface area contributed by atoms with E-state index in [1.807, 2.05) is 26.0 Å². The number of anilines is 3. The minimum atomic E-state index is -0.469. The summed E-state index contributed by atoms with van der Waals surface area (Å²) in [6.07, 6.45) is 0. The van der Waals surface area contributed by atoms with Crippen molar-refractivity contribution in [1.29, 1.82) is 0 Å². The maximum Gasteiger partial charge on any atom is 0.248 e. The highest BCUT2D eigenvalue weighted by atomic mass is 16.1. The Morgan fingerprint density at radius 3 is 2.42 bits per heavy atom. The quantitative estimate of drug-likeness (QED) is 0.737. The molecule has 0 bridgehead atoms. The van der Waals surface area contributed by atoms with E-state index in [0.717, 1.165) is 11.3 Å². The van der Waals surface area contributed by atoms with Gasteiger partial charge in [-0.3, -0.25) is 4.79 Å². The summed E-state index contributed by atoms with van der Waals surface area (Å²) < 4.78 is 0. The Morgan fingerprint density at radius 2 is 1.79 bits per heavy atom. The molecule has 19 heavy (non-hydrogen) atoms. The van der Waals surface area contributed by atoms with Crippen molar-refractivity contribution in [2.24, 2.45) is 5.73 Å². The van der Waals surface area contributed by atoms with Crippen molar-refractivity contribution in [1.82, 2.24) is 0 Å². The number of carbonyl (C=O) groups excluding carboxylic acids is 1. The number of benzene rings is 2. The summed E-state index contributed by atoms with van der Waals surface area (Å²) in [7, 11) is 0. The van der Waals surface area contributed by atoms with Crippen LogP contribution in [0.1, 0.15) is 21.5 Å². The lowest BCUT2D eigenvalue weighted by molar-refractivity contribution is 0.100. The molecule has 0 spiro atoms. The molecule has 0 radical (unpaired) electrons. The summed E-state index contributed by atoms with van der Waals surface area (Å²) in [5.74, 6) is -0.469. The topological polar surface area (TPSA) is 81.1 Å². The summed E-state index contributed by atoms with van der Waals surface area (Å²) >= 11 is 0. The van der Waals surface area contributed by atoms with E-state index in [2.05, 4.69) is 11.4 Å². The van der Waals surface area contributed by atoms with E-state index in [0.29, 0.717) is 16.9 Å². The number of aryl methyl sites for hydroxylation is 2. The third-order valence-corrected chi connectivity index (χ3v) is 2.99. The first-order chi connectivity index (χ1) is 8.97. The van der Waals surface area contributed by atoms with Gasteiger partial charge in [0.05, 0.1) is 11.4 Å². The first-order valence-corrected chi connectivity index (χ1v) is 6.01. The molecule has 1 amide bonds. The maximum atomic E-state index is 11.2. The van der Waals surface area contributed by atoms with E-state index in [1.54, 1.807) is 18.2 Å². The molecule has 4 nitrogen and oxygen atoms in total. The number of nitrogen functional groups attached to an aromatic ring is 1. The van der Waals surface area contributed by atoms with Crippen LogP contribution in [-0.2, 0) is 0 Å². The lowest BCUT2D eigenvalue weighted by Gasteiger charge is -2.13. The number of primary amides is 1. The van der Waals surface area contributed by atoms with E-state index in [9.17, 15) is 4.79 Å². The lowest BCUT2D eigenvalue weighted by atomic mass is 10.1. The highest BCUT2D eigenvalue weighted by Gasteiger charge is 2.06. The van der Waals surface area contributed by atoms with Crippen molar-refractivity contribution in [2.75, 3.05) is 11.1 Å². The average Bonchev–Trinajstić information content (AvgIpc) is 2.34. The Bertz CT molecular complexity index is 635. The number of rotatable bonds is 3. The van der Waals surface area contributed by atoms with Crippen molar-refractivity contribution in [3.63, 3.8) is 0 Å². The van der Waals surface area contributed by atoms with Crippen LogP contribution in [0.4, 0.5) is 17.1 Å². The molecule has 0 saturated carbocycles. The smallest absolute Gasteiger partial charge is 0.248 e. The van der Waals surface area contributed by atoms with Crippen LogP contribution in [0.3, 0.4) is 0 Å². The molecule has 0 saturated heterocycles. The molecule has 0 fully saturated rings. The summed E-state index contributed by atoms with van der Waals surface area (Å²) in [6.45, 7) is 4.06. The molecule has 0 aliphatic carbocycles. The molecule has 0 aromatic heterocycles. The van der Waals surface area contributed by atoms with Gasteiger partial charge >= 0.3 is 0 Å². The minimum absolute atomic E-state index is 0.432. The van der Waals surface area contributed by atoms with Gasteiger partial charge in [-0.25, -0.2) is 0 Å². The summed E-state index contributed by atoms with van der Waals surface area (Å²) in [4.78, 5) is 11.2. The Labute approximate surface area is 112 Å². The van der Waals surface area contributed by atoms with Gasteiger partial charge in [0, 0.05) is 11.3 Å². The zero-order valence-corrected chi connectivity index (χ0v) is 11.0. The summed E-state index contributed by atoms with van der Waals surface area (Å²) in [5.41, 5.74) is 16.1. The average molecular weight is 255 g/mol. The van der Waals surface area contributed by atoms with Gasteiger partial charge in [-0.2, -0.15) is 0 Å². The van der Waals surface area contributed by atoms with Crippen LogP contribution in [0, 0.1) is 13.8 Å². The first kappa shape index (κ1) is 13.0. The molecule has 0 aliphatic rings. The van der Waals surface area contributed by atoms with Crippen LogP contribution >= 0.6 is 0 Å². The van der Waals surface area contributed by atoms with Gasteiger partial charge in [0.2, 0.25) is 5.91 Å². The van der Waals surface area contributed by atoms with Crippen molar-refractivity contribution in [3.8, 4) is 0 Å². The van der Waals surface area contributed by atoms with Gasteiger partial charge in [-0.15, -0.1) is 0 Å². The minimum Gasteiger partial charge on any atom is -0.397 e. The standard InChI is InChI=1S/C15H17N3O/c1-9-3-6-13(10(2)7-9)18-14-8-11(15(17)19)4-5-12(14)16/h3-8,18H,16H2,1-2H3,(H2,17,19).